The number of halogens is 1. The molecule has 1 atom stereocenters. The molecular formula is C24H23FN2O. The number of likely N-dealkylation sites (tertiary alicyclic amines) is 1. The van der Waals surface area contributed by atoms with Crippen molar-refractivity contribution in [2.75, 3.05) is 13.1 Å². The zero-order chi connectivity index (χ0) is 19.3. The number of carbonyl (C=O) groups excluding carboxylic acids is 1. The molecule has 3 nitrogen and oxygen atoms in total. The van der Waals surface area contributed by atoms with Gasteiger partial charge in [-0.15, -0.1) is 0 Å². The molecule has 0 saturated carbocycles. The van der Waals surface area contributed by atoms with Crippen molar-refractivity contribution in [1.29, 1.82) is 0 Å². The molecule has 4 heteroatoms. The zero-order valence-electron chi connectivity index (χ0n) is 15.7. The number of hydrogen-bond donors (Lipinski definition) is 0. The summed E-state index contributed by atoms with van der Waals surface area (Å²) in [6.07, 6.45) is 2.44. The number of nitrogens with zero attached hydrogens (tertiary/aromatic N) is 2. The maximum absolute atomic E-state index is 14.0. The minimum absolute atomic E-state index is 0.0767. The van der Waals surface area contributed by atoms with Gasteiger partial charge in [0, 0.05) is 42.4 Å². The summed E-state index contributed by atoms with van der Waals surface area (Å²) in [4.78, 5) is 19.5. The molecule has 1 aliphatic rings. The fraction of sp³-hybridized carbons (Fsp3) is 0.250. The van der Waals surface area contributed by atoms with Gasteiger partial charge in [0.2, 0.25) is 0 Å². The molecule has 28 heavy (non-hydrogen) atoms. The van der Waals surface area contributed by atoms with Gasteiger partial charge in [-0.2, -0.15) is 0 Å². The Hall–Kier alpha value is -3.01. The lowest BCUT2D eigenvalue weighted by Crippen LogP contribution is -2.39. The van der Waals surface area contributed by atoms with Crippen LogP contribution in [0.5, 0.6) is 0 Å². The predicted molar refractivity (Wildman–Crippen MR) is 108 cm³/mol. The summed E-state index contributed by atoms with van der Waals surface area (Å²) >= 11 is 0. The summed E-state index contributed by atoms with van der Waals surface area (Å²) in [6.45, 7) is 1.45. The topological polar surface area (TPSA) is 33.2 Å². The number of rotatable bonds is 4. The molecule has 0 radical (unpaired) electrons. The Balaban J connectivity index is 1.49. The van der Waals surface area contributed by atoms with E-state index in [9.17, 15) is 9.18 Å². The number of carbonyl (C=O) groups is 1. The third kappa shape index (κ3) is 4.11. The molecular weight excluding hydrogens is 351 g/mol. The Labute approximate surface area is 164 Å². The molecule has 2 heterocycles. The highest BCUT2D eigenvalue weighted by molar-refractivity contribution is 5.94. The van der Waals surface area contributed by atoms with E-state index in [0.717, 1.165) is 36.3 Å². The molecule has 1 amide bonds. The molecule has 0 spiro atoms. The van der Waals surface area contributed by atoms with Gasteiger partial charge in [-0.05, 0) is 48.7 Å². The fourth-order valence-electron chi connectivity index (χ4n) is 3.83. The summed E-state index contributed by atoms with van der Waals surface area (Å²) in [5.74, 6) is 0.0850. The van der Waals surface area contributed by atoms with Gasteiger partial charge in [0.05, 0.1) is 0 Å². The van der Waals surface area contributed by atoms with Crippen LogP contribution in [-0.2, 0) is 6.42 Å². The van der Waals surface area contributed by atoms with Crippen molar-refractivity contribution in [3.63, 3.8) is 0 Å². The van der Waals surface area contributed by atoms with Crippen LogP contribution in [-0.4, -0.2) is 28.9 Å². The quantitative estimate of drug-likeness (QED) is 0.655. The third-order valence-electron chi connectivity index (χ3n) is 5.31. The first-order valence-electron chi connectivity index (χ1n) is 9.74. The molecule has 1 fully saturated rings. The van der Waals surface area contributed by atoms with Gasteiger partial charge in [0.1, 0.15) is 5.82 Å². The van der Waals surface area contributed by atoms with Gasteiger partial charge in [0.25, 0.3) is 5.91 Å². The van der Waals surface area contributed by atoms with Crippen molar-refractivity contribution >= 4 is 5.91 Å². The smallest absolute Gasteiger partial charge is 0.253 e. The van der Waals surface area contributed by atoms with Crippen LogP contribution >= 0.6 is 0 Å². The third-order valence-corrected chi connectivity index (χ3v) is 5.31. The lowest BCUT2D eigenvalue weighted by atomic mass is 9.93. The Morgan fingerprint density at radius 1 is 1.00 bits per heavy atom. The zero-order valence-corrected chi connectivity index (χ0v) is 15.7. The molecule has 1 saturated heterocycles. The van der Waals surface area contributed by atoms with E-state index in [1.54, 1.807) is 12.1 Å². The van der Waals surface area contributed by atoms with Crippen LogP contribution in [0.2, 0.25) is 0 Å². The molecule has 0 N–H and O–H groups in total. The summed E-state index contributed by atoms with van der Waals surface area (Å²) in [5, 5.41) is 0. The number of aromatic nitrogens is 1. The van der Waals surface area contributed by atoms with Crippen LogP contribution in [0.4, 0.5) is 4.39 Å². The first-order valence-corrected chi connectivity index (χ1v) is 9.74. The van der Waals surface area contributed by atoms with Crippen LogP contribution in [0, 0.1) is 5.82 Å². The van der Waals surface area contributed by atoms with Crippen LogP contribution in [0.3, 0.4) is 0 Å². The maximum Gasteiger partial charge on any atom is 0.253 e. The molecule has 2 aromatic carbocycles. The number of amides is 1. The monoisotopic (exact) mass is 374 g/mol. The SMILES string of the molecule is O=C(c1ccccc1)N1CCC[C@H](c2cccc(Cc3ccccc3F)n2)C1. The second kappa shape index (κ2) is 8.34. The van der Waals surface area contributed by atoms with Gasteiger partial charge in [-0.25, -0.2) is 4.39 Å². The molecule has 0 unspecified atom stereocenters. The van der Waals surface area contributed by atoms with E-state index in [0.29, 0.717) is 18.5 Å². The predicted octanol–water partition coefficient (Wildman–Crippen LogP) is 4.83. The summed E-state index contributed by atoms with van der Waals surface area (Å²) < 4.78 is 14.0. The second-order valence-corrected chi connectivity index (χ2v) is 7.28. The maximum atomic E-state index is 14.0. The second-order valence-electron chi connectivity index (χ2n) is 7.28. The van der Waals surface area contributed by atoms with E-state index in [4.69, 9.17) is 4.98 Å². The number of pyridine rings is 1. The van der Waals surface area contributed by atoms with Crippen molar-refractivity contribution < 1.29 is 9.18 Å². The van der Waals surface area contributed by atoms with Crippen LogP contribution in [0.15, 0.2) is 72.8 Å². The Morgan fingerprint density at radius 2 is 1.79 bits per heavy atom. The van der Waals surface area contributed by atoms with Crippen molar-refractivity contribution in [2.45, 2.75) is 25.2 Å². The van der Waals surface area contributed by atoms with E-state index < -0.39 is 0 Å². The largest absolute Gasteiger partial charge is 0.338 e. The van der Waals surface area contributed by atoms with E-state index in [-0.39, 0.29) is 17.6 Å². The van der Waals surface area contributed by atoms with Crippen molar-refractivity contribution in [3.8, 4) is 0 Å². The minimum atomic E-state index is -0.202. The number of hydrogen-bond acceptors (Lipinski definition) is 2. The molecule has 4 rings (SSSR count). The minimum Gasteiger partial charge on any atom is -0.338 e. The highest BCUT2D eigenvalue weighted by atomic mass is 19.1. The van der Waals surface area contributed by atoms with Gasteiger partial charge >= 0.3 is 0 Å². The average Bonchev–Trinajstić information content (AvgIpc) is 2.76. The standard InChI is InChI=1S/C24H23FN2O/c25-22-13-5-4-10-19(22)16-21-12-6-14-23(26-21)20-11-7-15-27(17-20)24(28)18-8-2-1-3-9-18/h1-6,8-10,12-14,20H,7,11,15-17H2/t20-/m0/s1. The summed E-state index contributed by atoms with van der Waals surface area (Å²) in [7, 11) is 0. The summed E-state index contributed by atoms with van der Waals surface area (Å²) in [5.41, 5.74) is 3.22. The molecule has 0 aliphatic carbocycles. The van der Waals surface area contributed by atoms with Crippen LogP contribution < -0.4 is 0 Å². The molecule has 1 aromatic heterocycles. The van der Waals surface area contributed by atoms with E-state index in [1.165, 1.54) is 6.07 Å². The lowest BCUT2D eigenvalue weighted by Gasteiger charge is -2.32. The van der Waals surface area contributed by atoms with Gasteiger partial charge in [-0.1, -0.05) is 42.5 Å². The van der Waals surface area contributed by atoms with Crippen molar-refractivity contribution in [2.24, 2.45) is 0 Å². The van der Waals surface area contributed by atoms with Crippen LogP contribution in [0.1, 0.15) is 46.1 Å². The van der Waals surface area contributed by atoms with Crippen molar-refractivity contribution in [3.05, 3.63) is 101 Å². The Morgan fingerprint density at radius 3 is 2.61 bits per heavy atom. The average molecular weight is 374 g/mol. The van der Waals surface area contributed by atoms with E-state index in [1.807, 2.05) is 59.5 Å². The van der Waals surface area contributed by atoms with E-state index in [2.05, 4.69) is 0 Å². The van der Waals surface area contributed by atoms with Gasteiger partial charge < -0.3 is 4.90 Å². The summed E-state index contributed by atoms with van der Waals surface area (Å²) in [6, 6.07) is 22.2. The fourth-order valence-corrected chi connectivity index (χ4v) is 3.83. The Bertz CT molecular complexity index is 958. The molecule has 0 bridgehead atoms. The lowest BCUT2D eigenvalue weighted by molar-refractivity contribution is 0.0706. The van der Waals surface area contributed by atoms with Gasteiger partial charge in [-0.3, -0.25) is 9.78 Å². The molecule has 3 aromatic rings. The first kappa shape index (κ1) is 18.4. The van der Waals surface area contributed by atoms with E-state index >= 15 is 0 Å². The molecule has 142 valence electrons. The number of piperidine rings is 1. The van der Waals surface area contributed by atoms with Crippen LogP contribution in [0.25, 0.3) is 0 Å². The first-order chi connectivity index (χ1) is 13.7. The normalized spacial score (nSPS) is 16.8. The molecule has 1 aliphatic heterocycles. The highest BCUT2D eigenvalue weighted by Crippen LogP contribution is 2.27. The van der Waals surface area contributed by atoms with Crippen molar-refractivity contribution in [1.82, 2.24) is 9.88 Å². The highest BCUT2D eigenvalue weighted by Gasteiger charge is 2.26. The number of benzene rings is 2. The van der Waals surface area contributed by atoms with Gasteiger partial charge in [0.15, 0.2) is 0 Å². The Kier molecular flexibility index (Phi) is 5.47.